The molecular formula is C13H21N3O3S. The molecule has 112 valence electrons. The van der Waals surface area contributed by atoms with Crippen molar-refractivity contribution < 1.29 is 14.7 Å². The lowest BCUT2D eigenvalue weighted by molar-refractivity contribution is -0.141. The van der Waals surface area contributed by atoms with Crippen LogP contribution in [0.4, 0.5) is 0 Å². The summed E-state index contributed by atoms with van der Waals surface area (Å²) >= 11 is 1.60. The van der Waals surface area contributed by atoms with Crippen molar-refractivity contribution in [2.24, 2.45) is 0 Å². The first-order chi connectivity index (χ1) is 9.42. The van der Waals surface area contributed by atoms with E-state index in [-0.39, 0.29) is 12.3 Å². The van der Waals surface area contributed by atoms with Gasteiger partial charge in [-0.05, 0) is 18.4 Å². The lowest BCUT2D eigenvalue weighted by atomic mass is 10.1. The molecule has 1 amide bonds. The molecule has 2 N–H and O–H groups in total. The summed E-state index contributed by atoms with van der Waals surface area (Å²) in [5, 5.41) is 12.1. The van der Waals surface area contributed by atoms with Gasteiger partial charge in [0.25, 0.3) is 0 Å². The van der Waals surface area contributed by atoms with Crippen molar-refractivity contribution in [2.45, 2.75) is 51.3 Å². The molecule has 0 aliphatic heterocycles. The number of nitrogens with zero attached hydrogens (tertiary/aromatic N) is 2. The van der Waals surface area contributed by atoms with E-state index in [0.29, 0.717) is 23.8 Å². The molecule has 1 rings (SSSR count). The van der Waals surface area contributed by atoms with Crippen LogP contribution < -0.4 is 5.32 Å². The Labute approximate surface area is 123 Å². The van der Waals surface area contributed by atoms with Gasteiger partial charge in [0, 0.05) is 24.3 Å². The van der Waals surface area contributed by atoms with Gasteiger partial charge in [-0.15, -0.1) is 0 Å². The van der Waals surface area contributed by atoms with Crippen LogP contribution in [0.25, 0.3) is 0 Å². The second-order valence-corrected chi connectivity index (χ2v) is 6.37. The van der Waals surface area contributed by atoms with Gasteiger partial charge < -0.3 is 10.4 Å². The van der Waals surface area contributed by atoms with Gasteiger partial charge >= 0.3 is 5.97 Å². The summed E-state index contributed by atoms with van der Waals surface area (Å²) in [5.74, 6) is -1.28. The Balaban J connectivity index is 2.63. The number of aliphatic carboxylic acids is 1. The van der Waals surface area contributed by atoms with Crippen LogP contribution >= 0.6 is 11.9 Å². The largest absolute Gasteiger partial charge is 0.480 e. The first-order valence-corrected chi connectivity index (χ1v) is 7.48. The molecule has 0 bridgehead atoms. The predicted molar refractivity (Wildman–Crippen MR) is 78.5 cm³/mol. The van der Waals surface area contributed by atoms with Crippen LogP contribution in [-0.2, 0) is 16.0 Å². The van der Waals surface area contributed by atoms with E-state index in [9.17, 15) is 9.59 Å². The highest BCUT2D eigenvalue weighted by Gasteiger charge is 2.21. The number of rotatable bonds is 8. The Morgan fingerprint density at radius 1 is 1.50 bits per heavy atom. The normalized spacial score (nSPS) is 12.4. The SMILES string of the molecule is CCCC(=O)N[C@@H](Cc1cn(SC(C)C)cn1)C(=O)O. The molecule has 0 aliphatic carbocycles. The maximum absolute atomic E-state index is 11.5. The molecule has 1 aromatic heterocycles. The number of amides is 1. The molecular weight excluding hydrogens is 278 g/mol. The van der Waals surface area contributed by atoms with Crippen molar-refractivity contribution >= 4 is 23.8 Å². The first-order valence-electron chi connectivity index (χ1n) is 6.64. The van der Waals surface area contributed by atoms with Gasteiger partial charge in [-0.1, -0.05) is 20.8 Å². The third-order valence-electron chi connectivity index (χ3n) is 2.47. The molecule has 0 aromatic carbocycles. The summed E-state index contributed by atoms with van der Waals surface area (Å²) in [7, 11) is 0. The number of carbonyl (C=O) groups is 2. The topological polar surface area (TPSA) is 84.2 Å². The molecule has 6 nitrogen and oxygen atoms in total. The Morgan fingerprint density at radius 2 is 2.20 bits per heavy atom. The summed E-state index contributed by atoms with van der Waals surface area (Å²) < 4.78 is 1.85. The Kier molecular flexibility index (Phi) is 6.57. The standard InChI is InChI=1S/C13H21N3O3S/c1-4-5-12(17)15-11(13(18)19)6-10-7-16(8-14-10)20-9(2)3/h7-9,11H,4-6H2,1-3H3,(H,15,17)(H,18,19)/t11-/m0/s1. The van der Waals surface area contributed by atoms with Gasteiger partial charge in [0.2, 0.25) is 5.91 Å². The van der Waals surface area contributed by atoms with Crippen LogP contribution in [0.3, 0.4) is 0 Å². The van der Waals surface area contributed by atoms with Crippen molar-refractivity contribution in [3.05, 3.63) is 18.2 Å². The quantitative estimate of drug-likeness (QED) is 0.763. The summed E-state index contributed by atoms with van der Waals surface area (Å²) in [4.78, 5) is 26.8. The Bertz CT molecular complexity index is 459. The number of carboxylic acids is 1. The maximum atomic E-state index is 11.5. The Morgan fingerprint density at radius 3 is 2.75 bits per heavy atom. The van der Waals surface area contributed by atoms with E-state index in [1.165, 1.54) is 0 Å². The fourth-order valence-corrected chi connectivity index (χ4v) is 2.42. The van der Waals surface area contributed by atoms with Crippen molar-refractivity contribution in [3.8, 4) is 0 Å². The number of nitrogens with one attached hydrogen (secondary N) is 1. The lowest BCUT2D eigenvalue weighted by Gasteiger charge is -2.12. The zero-order chi connectivity index (χ0) is 15.1. The monoisotopic (exact) mass is 299 g/mol. The average Bonchev–Trinajstić information content (AvgIpc) is 2.75. The van der Waals surface area contributed by atoms with Crippen LogP contribution in [0.2, 0.25) is 0 Å². The molecule has 1 heterocycles. The Hall–Kier alpha value is -1.50. The summed E-state index contributed by atoms with van der Waals surface area (Å²) in [6, 6.07) is -0.929. The molecule has 20 heavy (non-hydrogen) atoms. The highest BCUT2D eigenvalue weighted by atomic mass is 32.2. The molecule has 7 heteroatoms. The molecule has 0 radical (unpaired) electrons. The smallest absolute Gasteiger partial charge is 0.326 e. The van der Waals surface area contributed by atoms with E-state index < -0.39 is 12.0 Å². The minimum Gasteiger partial charge on any atom is -0.480 e. The lowest BCUT2D eigenvalue weighted by Crippen LogP contribution is -2.42. The van der Waals surface area contributed by atoms with E-state index in [0.717, 1.165) is 0 Å². The fraction of sp³-hybridized carbons (Fsp3) is 0.615. The first kappa shape index (κ1) is 16.6. The highest BCUT2D eigenvalue weighted by molar-refractivity contribution is 7.98. The third-order valence-corrected chi connectivity index (χ3v) is 3.33. The van der Waals surface area contributed by atoms with Crippen LogP contribution in [-0.4, -0.2) is 37.2 Å². The van der Waals surface area contributed by atoms with Crippen LogP contribution in [0.5, 0.6) is 0 Å². The van der Waals surface area contributed by atoms with Crippen LogP contribution in [0.1, 0.15) is 39.3 Å². The van der Waals surface area contributed by atoms with Gasteiger partial charge in [0.1, 0.15) is 12.4 Å². The summed E-state index contributed by atoms with van der Waals surface area (Å²) in [6.45, 7) is 6.00. The number of hydrogen-bond acceptors (Lipinski definition) is 4. The van der Waals surface area contributed by atoms with E-state index in [1.807, 2.05) is 10.9 Å². The molecule has 1 aromatic rings. The van der Waals surface area contributed by atoms with Crippen molar-refractivity contribution in [2.75, 3.05) is 0 Å². The van der Waals surface area contributed by atoms with Gasteiger partial charge in [0.15, 0.2) is 0 Å². The van der Waals surface area contributed by atoms with Crippen LogP contribution in [0.15, 0.2) is 12.5 Å². The van der Waals surface area contributed by atoms with Crippen LogP contribution in [0, 0.1) is 0 Å². The van der Waals surface area contributed by atoms with Gasteiger partial charge in [-0.25, -0.2) is 9.78 Å². The molecule has 0 spiro atoms. The van der Waals surface area contributed by atoms with Crippen molar-refractivity contribution in [3.63, 3.8) is 0 Å². The fourth-order valence-electron chi connectivity index (χ4n) is 1.65. The zero-order valence-electron chi connectivity index (χ0n) is 12.0. The highest BCUT2D eigenvalue weighted by Crippen LogP contribution is 2.14. The van der Waals surface area contributed by atoms with Gasteiger partial charge in [-0.2, -0.15) is 0 Å². The average molecular weight is 299 g/mol. The van der Waals surface area contributed by atoms with E-state index in [2.05, 4.69) is 24.1 Å². The minimum absolute atomic E-state index is 0.191. The van der Waals surface area contributed by atoms with Crippen molar-refractivity contribution in [1.82, 2.24) is 14.3 Å². The second kappa shape index (κ2) is 7.94. The van der Waals surface area contributed by atoms with Gasteiger partial charge in [-0.3, -0.25) is 8.77 Å². The third kappa shape index (κ3) is 5.64. The summed E-state index contributed by atoms with van der Waals surface area (Å²) in [5.41, 5.74) is 0.655. The predicted octanol–water partition coefficient (Wildman–Crippen LogP) is 1.70. The molecule has 0 unspecified atom stereocenters. The van der Waals surface area contributed by atoms with E-state index >= 15 is 0 Å². The molecule has 0 aliphatic rings. The zero-order valence-corrected chi connectivity index (χ0v) is 12.8. The second-order valence-electron chi connectivity index (χ2n) is 4.79. The number of carbonyl (C=O) groups excluding carboxylic acids is 1. The summed E-state index contributed by atoms with van der Waals surface area (Å²) in [6.07, 6.45) is 4.68. The molecule has 0 saturated heterocycles. The molecule has 0 saturated carbocycles. The number of carboxylic acid groups (broad SMARTS) is 1. The molecule has 0 fully saturated rings. The van der Waals surface area contributed by atoms with Crippen molar-refractivity contribution in [1.29, 1.82) is 0 Å². The van der Waals surface area contributed by atoms with E-state index in [1.54, 1.807) is 24.5 Å². The number of hydrogen-bond donors (Lipinski definition) is 2. The van der Waals surface area contributed by atoms with E-state index in [4.69, 9.17) is 5.11 Å². The maximum Gasteiger partial charge on any atom is 0.326 e. The number of aromatic nitrogens is 2. The number of imidazole rings is 1. The van der Waals surface area contributed by atoms with Gasteiger partial charge in [0.05, 0.1) is 5.69 Å². The molecule has 1 atom stereocenters. The minimum atomic E-state index is -1.04.